The van der Waals surface area contributed by atoms with Gasteiger partial charge >= 0.3 is 0 Å². The molecule has 0 aromatic carbocycles. The molecule has 1 N–H and O–H groups in total. The molecular formula is C12H20N4O2. The number of hydrogen-bond donors (Lipinski definition) is 1. The fraction of sp³-hybridized carbons (Fsp3) is 0.750. The van der Waals surface area contributed by atoms with Crippen LogP contribution in [0.5, 0.6) is 0 Å². The molecule has 1 aromatic rings. The Labute approximate surface area is 107 Å². The van der Waals surface area contributed by atoms with E-state index in [1.807, 2.05) is 27.7 Å². The Hall–Kier alpha value is -1.43. The number of carbonyl (C=O) groups excluding carboxylic acids is 1. The molecule has 0 bridgehead atoms. The molecule has 1 saturated heterocycles. The van der Waals surface area contributed by atoms with Crippen LogP contribution in [0, 0.1) is 0 Å². The van der Waals surface area contributed by atoms with Gasteiger partial charge in [-0.2, -0.15) is 0 Å². The number of morpholine rings is 1. The van der Waals surface area contributed by atoms with Crippen LogP contribution in [0.1, 0.15) is 50.1 Å². The van der Waals surface area contributed by atoms with E-state index < -0.39 is 0 Å². The number of H-pyrrole nitrogens is 1. The lowest BCUT2D eigenvalue weighted by Gasteiger charge is -2.41. The summed E-state index contributed by atoms with van der Waals surface area (Å²) < 4.78 is 5.40. The highest BCUT2D eigenvalue weighted by molar-refractivity contribution is 5.91. The lowest BCUT2D eigenvalue weighted by Crippen LogP contribution is -2.55. The molecule has 2 heterocycles. The van der Waals surface area contributed by atoms with E-state index in [1.54, 1.807) is 4.90 Å². The highest BCUT2D eigenvalue weighted by Gasteiger charge is 2.36. The largest absolute Gasteiger partial charge is 0.377 e. The van der Waals surface area contributed by atoms with Crippen molar-refractivity contribution in [2.45, 2.75) is 39.2 Å². The third-order valence-corrected chi connectivity index (χ3v) is 3.13. The first-order chi connectivity index (χ1) is 8.42. The molecule has 6 heteroatoms. The van der Waals surface area contributed by atoms with Crippen LogP contribution < -0.4 is 0 Å². The van der Waals surface area contributed by atoms with Gasteiger partial charge in [0.2, 0.25) is 5.82 Å². The van der Waals surface area contributed by atoms with Gasteiger partial charge in [0.25, 0.3) is 5.91 Å². The standard InChI is InChI=1S/C12H20N4O2/c1-8(2)9-13-10(15-14-9)11(17)16-5-6-18-7-12(16,3)4/h8H,5-7H2,1-4H3,(H,13,14,15). The van der Waals surface area contributed by atoms with E-state index >= 15 is 0 Å². The summed E-state index contributed by atoms with van der Waals surface area (Å²) in [6.45, 7) is 9.68. The van der Waals surface area contributed by atoms with Crippen molar-refractivity contribution in [1.29, 1.82) is 0 Å². The van der Waals surface area contributed by atoms with Crippen LogP contribution in [0.4, 0.5) is 0 Å². The van der Waals surface area contributed by atoms with Crippen LogP contribution in [0.15, 0.2) is 0 Å². The Morgan fingerprint density at radius 2 is 2.22 bits per heavy atom. The van der Waals surface area contributed by atoms with Gasteiger partial charge < -0.3 is 9.64 Å². The van der Waals surface area contributed by atoms with Gasteiger partial charge in [0.15, 0.2) is 0 Å². The second kappa shape index (κ2) is 4.68. The van der Waals surface area contributed by atoms with Crippen molar-refractivity contribution in [3.8, 4) is 0 Å². The Morgan fingerprint density at radius 1 is 1.50 bits per heavy atom. The van der Waals surface area contributed by atoms with Crippen LogP contribution in [-0.2, 0) is 4.74 Å². The van der Waals surface area contributed by atoms with E-state index in [4.69, 9.17) is 4.74 Å². The summed E-state index contributed by atoms with van der Waals surface area (Å²) in [5.41, 5.74) is -0.312. The highest BCUT2D eigenvalue weighted by atomic mass is 16.5. The fourth-order valence-electron chi connectivity index (χ4n) is 1.98. The van der Waals surface area contributed by atoms with E-state index in [0.29, 0.717) is 19.8 Å². The zero-order chi connectivity index (χ0) is 13.3. The molecule has 1 aliphatic heterocycles. The topological polar surface area (TPSA) is 71.1 Å². The quantitative estimate of drug-likeness (QED) is 0.858. The molecule has 1 aromatic heterocycles. The molecule has 0 spiro atoms. The van der Waals surface area contributed by atoms with Crippen molar-refractivity contribution in [3.63, 3.8) is 0 Å². The number of carbonyl (C=O) groups is 1. The summed E-state index contributed by atoms with van der Waals surface area (Å²) in [7, 11) is 0. The SMILES string of the molecule is CC(C)c1nc(C(=O)N2CCOCC2(C)C)n[nH]1. The third kappa shape index (κ3) is 2.38. The molecule has 0 aliphatic carbocycles. The van der Waals surface area contributed by atoms with Gasteiger partial charge in [-0.05, 0) is 13.8 Å². The monoisotopic (exact) mass is 252 g/mol. The average Bonchev–Trinajstić information content (AvgIpc) is 2.77. The van der Waals surface area contributed by atoms with Crippen LogP contribution in [-0.4, -0.2) is 51.3 Å². The maximum atomic E-state index is 12.4. The van der Waals surface area contributed by atoms with Crippen LogP contribution in [0.25, 0.3) is 0 Å². The minimum absolute atomic E-state index is 0.133. The number of aromatic amines is 1. The number of nitrogens with zero attached hydrogens (tertiary/aromatic N) is 3. The summed E-state index contributed by atoms with van der Waals surface area (Å²) >= 11 is 0. The summed E-state index contributed by atoms with van der Waals surface area (Å²) in [5.74, 6) is 1.08. The molecule has 18 heavy (non-hydrogen) atoms. The molecule has 1 aliphatic rings. The lowest BCUT2D eigenvalue weighted by molar-refractivity contribution is -0.0375. The molecule has 0 atom stereocenters. The van der Waals surface area contributed by atoms with E-state index in [9.17, 15) is 4.79 Å². The predicted octanol–water partition coefficient (Wildman–Crippen LogP) is 1.18. The second-order valence-corrected chi connectivity index (χ2v) is 5.52. The van der Waals surface area contributed by atoms with Gasteiger partial charge in [0, 0.05) is 12.5 Å². The van der Waals surface area contributed by atoms with Crippen molar-refractivity contribution in [2.75, 3.05) is 19.8 Å². The molecule has 1 amide bonds. The third-order valence-electron chi connectivity index (χ3n) is 3.13. The average molecular weight is 252 g/mol. The van der Waals surface area contributed by atoms with Crippen molar-refractivity contribution in [1.82, 2.24) is 20.1 Å². The zero-order valence-electron chi connectivity index (χ0n) is 11.4. The molecular weight excluding hydrogens is 232 g/mol. The van der Waals surface area contributed by atoms with Crippen LogP contribution in [0.2, 0.25) is 0 Å². The number of ether oxygens (including phenoxy) is 1. The maximum absolute atomic E-state index is 12.4. The van der Waals surface area contributed by atoms with Crippen LogP contribution >= 0.6 is 0 Å². The van der Waals surface area contributed by atoms with Gasteiger partial charge in [-0.1, -0.05) is 13.8 Å². The molecule has 2 rings (SSSR count). The summed E-state index contributed by atoms with van der Waals surface area (Å²) in [5, 5.41) is 6.82. The zero-order valence-corrected chi connectivity index (χ0v) is 11.4. The van der Waals surface area contributed by atoms with Gasteiger partial charge in [0.1, 0.15) is 5.82 Å². The predicted molar refractivity (Wildman–Crippen MR) is 66.4 cm³/mol. The lowest BCUT2D eigenvalue weighted by atomic mass is 10.0. The molecule has 0 radical (unpaired) electrons. The first kappa shape index (κ1) is 13.0. The maximum Gasteiger partial charge on any atom is 0.294 e. The van der Waals surface area contributed by atoms with E-state index in [2.05, 4.69) is 15.2 Å². The van der Waals surface area contributed by atoms with E-state index in [0.717, 1.165) is 5.82 Å². The smallest absolute Gasteiger partial charge is 0.294 e. The Balaban J connectivity index is 2.19. The van der Waals surface area contributed by atoms with Gasteiger partial charge in [0.05, 0.1) is 18.8 Å². The minimum Gasteiger partial charge on any atom is -0.377 e. The van der Waals surface area contributed by atoms with E-state index in [-0.39, 0.29) is 23.2 Å². The second-order valence-electron chi connectivity index (χ2n) is 5.52. The molecule has 1 fully saturated rings. The molecule has 0 saturated carbocycles. The van der Waals surface area contributed by atoms with Gasteiger partial charge in [-0.3, -0.25) is 9.89 Å². The summed E-state index contributed by atoms with van der Waals surface area (Å²) in [6, 6.07) is 0. The number of rotatable bonds is 2. The van der Waals surface area contributed by atoms with Crippen molar-refractivity contribution >= 4 is 5.91 Å². The summed E-state index contributed by atoms with van der Waals surface area (Å²) in [6.07, 6.45) is 0. The normalized spacial score (nSPS) is 19.3. The van der Waals surface area contributed by atoms with Crippen molar-refractivity contribution < 1.29 is 9.53 Å². The Kier molecular flexibility index (Phi) is 3.38. The Morgan fingerprint density at radius 3 is 2.78 bits per heavy atom. The first-order valence-electron chi connectivity index (χ1n) is 6.24. The molecule has 0 unspecified atom stereocenters. The number of hydrogen-bond acceptors (Lipinski definition) is 4. The highest BCUT2D eigenvalue weighted by Crippen LogP contribution is 2.21. The van der Waals surface area contributed by atoms with E-state index in [1.165, 1.54) is 0 Å². The number of aromatic nitrogens is 3. The number of amides is 1. The van der Waals surface area contributed by atoms with Gasteiger partial charge in [-0.25, -0.2) is 4.98 Å². The first-order valence-corrected chi connectivity index (χ1v) is 6.24. The van der Waals surface area contributed by atoms with Crippen LogP contribution in [0.3, 0.4) is 0 Å². The fourth-order valence-corrected chi connectivity index (χ4v) is 1.98. The minimum atomic E-state index is -0.312. The molecule has 6 nitrogen and oxygen atoms in total. The number of nitrogens with one attached hydrogen (secondary N) is 1. The molecule has 100 valence electrons. The Bertz CT molecular complexity index is 439. The van der Waals surface area contributed by atoms with Gasteiger partial charge in [-0.15, -0.1) is 5.10 Å². The van der Waals surface area contributed by atoms with Crippen molar-refractivity contribution in [3.05, 3.63) is 11.6 Å². The van der Waals surface area contributed by atoms with Crippen molar-refractivity contribution in [2.24, 2.45) is 0 Å². The summed E-state index contributed by atoms with van der Waals surface area (Å²) in [4.78, 5) is 18.4.